The summed E-state index contributed by atoms with van der Waals surface area (Å²) < 4.78 is 15.1. The summed E-state index contributed by atoms with van der Waals surface area (Å²) in [5.74, 6) is -1.07. The van der Waals surface area contributed by atoms with Gasteiger partial charge in [-0.3, -0.25) is 4.79 Å². The van der Waals surface area contributed by atoms with E-state index in [-0.39, 0.29) is 5.76 Å². The third-order valence-corrected chi connectivity index (χ3v) is 3.19. The van der Waals surface area contributed by atoms with Crippen LogP contribution >= 0.6 is 0 Å². The smallest absolute Gasteiger partial charge is 0.268 e. The van der Waals surface area contributed by atoms with Crippen LogP contribution in [0.4, 0.5) is 0 Å². The summed E-state index contributed by atoms with van der Waals surface area (Å²) in [4.78, 5) is 11.7. The van der Waals surface area contributed by atoms with Crippen molar-refractivity contribution in [2.24, 2.45) is 0 Å². The van der Waals surface area contributed by atoms with Crippen molar-refractivity contribution in [1.82, 2.24) is 0 Å². The Hall–Kier alpha value is -1.65. The van der Waals surface area contributed by atoms with Crippen molar-refractivity contribution in [3.63, 3.8) is 0 Å². The molecule has 0 unspecified atom stereocenters. The Kier molecular flexibility index (Phi) is 4.49. The lowest BCUT2D eigenvalue weighted by Crippen LogP contribution is -2.60. The molecule has 0 amide bonds. The zero-order valence-electron chi connectivity index (χ0n) is 11.0. The van der Waals surface area contributed by atoms with Crippen LogP contribution in [0.5, 0.6) is 11.5 Å². The zero-order valence-corrected chi connectivity index (χ0v) is 11.0. The molecule has 1 aromatic rings. The Morgan fingerprint density at radius 1 is 1.24 bits per heavy atom. The number of aliphatic hydroxyl groups is 4. The molecule has 2 heterocycles. The van der Waals surface area contributed by atoms with Gasteiger partial charge in [0.2, 0.25) is 17.8 Å². The summed E-state index contributed by atoms with van der Waals surface area (Å²) in [6, 6.07) is 0. The molecule has 9 heteroatoms. The van der Waals surface area contributed by atoms with E-state index in [0.717, 1.165) is 6.26 Å². The fraction of sp³-hybridized carbons (Fsp3) is 0.583. The molecule has 0 aliphatic carbocycles. The van der Waals surface area contributed by atoms with Crippen molar-refractivity contribution in [3.05, 3.63) is 22.2 Å². The van der Waals surface area contributed by atoms with Crippen molar-refractivity contribution in [1.29, 1.82) is 0 Å². The Bertz CT molecular complexity index is 552. The van der Waals surface area contributed by atoms with Crippen LogP contribution in [0.1, 0.15) is 5.76 Å². The fourth-order valence-electron chi connectivity index (χ4n) is 1.94. The van der Waals surface area contributed by atoms with Crippen LogP contribution in [-0.2, 0) is 4.74 Å². The predicted molar refractivity (Wildman–Crippen MR) is 65.8 cm³/mol. The molecule has 21 heavy (non-hydrogen) atoms. The van der Waals surface area contributed by atoms with Gasteiger partial charge in [0.05, 0.1) is 6.61 Å². The van der Waals surface area contributed by atoms with E-state index in [2.05, 4.69) is 0 Å². The average molecular weight is 304 g/mol. The normalized spacial score (nSPS) is 32.9. The highest BCUT2D eigenvalue weighted by atomic mass is 16.7. The van der Waals surface area contributed by atoms with Gasteiger partial charge in [-0.25, -0.2) is 0 Å². The van der Waals surface area contributed by atoms with Gasteiger partial charge >= 0.3 is 0 Å². The van der Waals surface area contributed by atoms with E-state index in [1.54, 1.807) is 0 Å². The summed E-state index contributed by atoms with van der Waals surface area (Å²) in [5.41, 5.74) is -0.879. The molecule has 1 fully saturated rings. The number of rotatable bonds is 3. The van der Waals surface area contributed by atoms with E-state index >= 15 is 0 Å². The monoisotopic (exact) mass is 304 g/mol. The number of ether oxygens (including phenoxy) is 2. The standard InChI is InChI=1S/C12H16O9/c1-4-11(7(15)5(14)3-19-4)21-12-10(18)9(17)8(16)6(2-13)20-12/h3,6,8-10,12-14,16-18H,2H2,1H3/t6-,8-,9+,10-,12+/m1/s1. The average Bonchev–Trinajstić information content (AvgIpc) is 2.47. The number of aliphatic hydroxyl groups excluding tert-OH is 4. The predicted octanol–water partition coefficient (Wildman–Crippen LogP) is -2.17. The molecule has 0 aromatic carbocycles. The molecule has 5 atom stereocenters. The minimum absolute atomic E-state index is 0.0229. The van der Waals surface area contributed by atoms with Gasteiger partial charge in [-0.15, -0.1) is 0 Å². The first-order valence-electron chi connectivity index (χ1n) is 6.15. The molecule has 2 rings (SSSR count). The SMILES string of the molecule is Cc1occ(O)c(=O)c1O[C@@H]1O[C@H](CO)[C@@H](O)[C@H](O)[C@H]1O. The highest BCUT2D eigenvalue weighted by Gasteiger charge is 2.45. The van der Waals surface area contributed by atoms with Crippen molar-refractivity contribution >= 4 is 0 Å². The molecule has 1 aromatic heterocycles. The third-order valence-electron chi connectivity index (χ3n) is 3.19. The van der Waals surface area contributed by atoms with Crippen LogP contribution in [0.3, 0.4) is 0 Å². The second-order valence-electron chi connectivity index (χ2n) is 4.65. The highest BCUT2D eigenvalue weighted by Crippen LogP contribution is 2.25. The van der Waals surface area contributed by atoms with E-state index in [9.17, 15) is 25.2 Å². The molecule has 5 N–H and O–H groups in total. The molecule has 0 bridgehead atoms. The lowest BCUT2D eigenvalue weighted by molar-refractivity contribution is -0.278. The molecular weight excluding hydrogens is 288 g/mol. The molecule has 0 radical (unpaired) electrons. The van der Waals surface area contributed by atoms with Crippen LogP contribution in [0.25, 0.3) is 0 Å². The Morgan fingerprint density at radius 3 is 2.52 bits per heavy atom. The zero-order chi connectivity index (χ0) is 15.7. The molecule has 9 nitrogen and oxygen atoms in total. The van der Waals surface area contributed by atoms with E-state index in [4.69, 9.17) is 19.0 Å². The second-order valence-corrected chi connectivity index (χ2v) is 4.65. The van der Waals surface area contributed by atoms with Gasteiger partial charge < -0.3 is 39.4 Å². The van der Waals surface area contributed by atoms with E-state index in [0.29, 0.717) is 0 Å². The molecule has 1 aliphatic rings. The summed E-state index contributed by atoms with van der Waals surface area (Å²) in [6.45, 7) is 0.763. The molecule has 1 saturated heterocycles. The van der Waals surface area contributed by atoms with Gasteiger partial charge in [-0.1, -0.05) is 0 Å². The first-order valence-corrected chi connectivity index (χ1v) is 6.15. The maximum Gasteiger partial charge on any atom is 0.268 e. The second kappa shape index (κ2) is 6.00. The van der Waals surface area contributed by atoms with Gasteiger partial charge in [0, 0.05) is 0 Å². The summed E-state index contributed by atoms with van der Waals surface area (Å²) >= 11 is 0. The summed E-state index contributed by atoms with van der Waals surface area (Å²) in [6.07, 6.45) is -6.69. The van der Waals surface area contributed by atoms with Crippen LogP contribution in [-0.4, -0.2) is 62.8 Å². The summed E-state index contributed by atoms with van der Waals surface area (Å²) in [7, 11) is 0. The topological polar surface area (TPSA) is 150 Å². The molecule has 1 aliphatic heterocycles. The van der Waals surface area contributed by atoms with E-state index in [1.807, 2.05) is 0 Å². The van der Waals surface area contributed by atoms with Gasteiger partial charge in [0.1, 0.15) is 36.4 Å². The van der Waals surface area contributed by atoms with Crippen molar-refractivity contribution < 1.29 is 39.4 Å². The first kappa shape index (κ1) is 15.7. The molecule has 0 spiro atoms. The van der Waals surface area contributed by atoms with Gasteiger partial charge in [0.25, 0.3) is 5.43 Å². The van der Waals surface area contributed by atoms with Crippen LogP contribution in [0.2, 0.25) is 0 Å². The molecule has 0 saturated carbocycles. The fourth-order valence-corrected chi connectivity index (χ4v) is 1.94. The largest absolute Gasteiger partial charge is 0.502 e. The Balaban J connectivity index is 2.27. The van der Waals surface area contributed by atoms with Gasteiger partial charge in [-0.2, -0.15) is 0 Å². The van der Waals surface area contributed by atoms with Gasteiger partial charge in [-0.05, 0) is 6.92 Å². The van der Waals surface area contributed by atoms with E-state index < -0.39 is 54.2 Å². The van der Waals surface area contributed by atoms with Crippen molar-refractivity contribution in [2.45, 2.75) is 37.6 Å². The Morgan fingerprint density at radius 2 is 1.90 bits per heavy atom. The summed E-state index contributed by atoms with van der Waals surface area (Å²) in [5, 5.41) is 47.4. The maximum absolute atomic E-state index is 11.7. The van der Waals surface area contributed by atoms with Crippen LogP contribution in [0.15, 0.2) is 15.5 Å². The molecular formula is C12H16O9. The Labute approximate surface area is 118 Å². The number of aryl methyl sites for hydroxylation is 1. The number of hydrogen-bond acceptors (Lipinski definition) is 9. The number of hydrogen-bond donors (Lipinski definition) is 5. The van der Waals surface area contributed by atoms with Crippen molar-refractivity contribution in [2.75, 3.05) is 6.61 Å². The van der Waals surface area contributed by atoms with Crippen LogP contribution < -0.4 is 10.2 Å². The lowest BCUT2D eigenvalue weighted by Gasteiger charge is -2.39. The number of aromatic hydroxyl groups is 1. The van der Waals surface area contributed by atoms with Gasteiger partial charge in [0.15, 0.2) is 0 Å². The highest BCUT2D eigenvalue weighted by molar-refractivity contribution is 5.31. The molecule has 118 valence electrons. The third kappa shape index (κ3) is 2.87. The minimum atomic E-state index is -1.66. The lowest BCUT2D eigenvalue weighted by atomic mass is 9.99. The van der Waals surface area contributed by atoms with E-state index in [1.165, 1.54) is 6.92 Å². The maximum atomic E-state index is 11.7. The quantitative estimate of drug-likeness (QED) is 0.420. The first-order chi connectivity index (χ1) is 9.86. The van der Waals surface area contributed by atoms with Crippen LogP contribution in [0, 0.1) is 6.92 Å². The minimum Gasteiger partial charge on any atom is -0.502 e. The van der Waals surface area contributed by atoms with Crippen molar-refractivity contribution in [3.8, 4) is 11.5 Å².